The van der Waals surface area contributed by atoms with Crippen LogP contribution in [-0.2, 0) is 13.2 Å². The van der Waals surface area contributed by atoms with Crippen molar-refractivity contribution in [1.29, 1.82) is 0 Å². The van der Waals surface area contributed by atoms with Gasteiger partial charge in [-0.3, -0.25) is 15.1 Å². The van der Waals surface area contributed by atoms with E-state index in [0.717, 1.165) is 35.0 Å². The van der Waals surface area contributed by atoms with Gasteiger partial charge in [0, 0.05) is 36.1 Å². The van der Waals surface area contributed by atoms with Crippen LogP contribution in [0.2, 0.25) is 0 Å². The van der Waals surface area contributed by atoms with Gasteiger partial charge < -0.3 is 19.9 Å². The summed E-state index contributed by atoms with van der Waals surface area (Å²) in [5.74, 6) is -3.39. The molecule has 0 atom stereocenters. The molecule has 0 spiro atoms. The highest BCUT2D eigenvalue weighted by Crippen LogP contribution is 2.43. The molecule has 0 aliphatic rings. The zero-order valence-corrected chi connectivity index (χ0v) is 15.0. The zero-order chi connectivity index (χ0) is 22.4. The smallest absolute Gasteiger partial charge is 0.434 e. The molecular formula is C18H12F3N3O6. The van der Waals surface area contributed by atoms with E-state index >= 15 is 0 Å². The molecule has 30 heavy (non-hydrogen) atoms. The normalized spacial score (nSPS) is 11.5. The number of hydrogen-bond acceptors (Lipinski definition) is 6. The fourth-order valence-electron chi connectivity index (χ4n) is 3.08. The van der Waals surface area contributed by atoms with E-state index in [1.165, 1.54) is 13.1 Å². The summed E-state index contributed by atoms with van der Waals surface area (Å²) in [6.07, 6.45) is -3.95. The number of aromatic hydroxyl groups is 2. The van der Waals surface area contributed by atoms with E-state index < -0.39 is 51.1 Å². The van der Waals surface area contributed by atoms with E-state index in [1.807, 2.05) is 0 Å². The van der Waals surface area contributed by atoms with E-state index in [9.17, 15) is 43.4 Å². The molecule has 0 fully saturated rings. The van der Waals surface area contributed by atoms with Crippen molar-refractivity contribution in [1.82, 2.24) is 9.55 Å². The van der Waals surface area contributed by atoms with Gasteiger partial charge in [0.05, 0.1) is 16.2 Å². The molecule has 2 heterocycles. The van der Waals surface area contributed by atoms with Gasteiger partial charge in [0.25, 0.3) is 0 Å². The summed E-state index contributed by atoms with van der Waals surface area (Å²) in [5, 5.41) is 40.1. The molecule has 0 radical (unpaired) electrons. The molecule has 156 valence electrons. The number of benzene rings is 1. The average molecular weight is 423 g/mol. The van der Waals surface area contributed by atoms with Gasteiger partial charge in [0.1, 0.15) is 0 Å². The summed E-state index contributed by atoms with van der Waals surface area (Å²) in [6, 6.07) is 5.08. The van der Waals surface area contributed by atoms with Crippen molar-refractivity contribution < 1.29 is 38.2 Å². The monoisotopic (exact) mass is 423 g/mol. The first kappa shape index (κ1) is 20.6. The second-order valence-electron chi connectivity index (χ2n) is 6.17. The third-order valence-electron chi connectivity index (χ3n) is 4.36. The number of alkyl halides is 3. The Bertz CT molecular complexity index is 1190. The van der Waals surface area contributed by atoms with Crippen molar-refractivity contribution in [3.05, 3.63) is 57.9 Å². The van der Waals surface area contributed by atoms with Gasteiger partial charge in [-0.15, -0.1) is 0 Å². The number of hydrogen-bond donors (Lipinski definition) is 3. The van der Waals surface area contributed by atoms with Gasteiger partial charge in [-0.05, 0) is 24.3 Å². The van der Waals surface area contributed by atoms with Crippen LogP contribution < -0.4 is 0 Å². The Morgan fingerprint density at radius 3 is 2.47 bits per heavy atom. The third-order valence-corrected chi connectivity index (χ3v) is 4.36. The molecule has 3 rings (SSSR count). The molecule has 2 aromatic heterocycles. The summed E-state index contributed by atoms with van der Waals surface area (Å²) in [4.78, 5) is 25.2. The summed E-state index contributed by atoms with van der Waals surface area (Å²) in [6.45, 7) is 0. The molecule has 0 bridgehead atoms. The number of carboxylic acid groups (broad SMARTS) is 1. The van der Waals surface area contributed by atoms with Crippen molar-refractivity contribution in [3.63, 3.8) is 0 Å². The lowest BCUT2D eigenvalue weighted by molar-refractivity contribution is -0.385. The Kier molecular flexibility index (Phi) is 4.86. The number of aromatic nitrogens is 2. The minimum Gasteiger partial charge on any atom is -0.504 e. The van der Waals surface area contributed by atoms with Crippen LogP contribution in [0, 0.1) is 10.1 Å². The van der Waals surface area contributed by atoms with Crippen molar-refractivity contribution in [2.75, 3.05) is 0 Å². The topological polar surface area (TPSA) is 139 Å². The van der Waals surface area contributed by atoms with Crippen molar-refractivity contribution in [2.24, 2.45) is 7.05 Å². The Balaban J connectivity index is 2.35. The number of nitro groups is 1. The van der Waals surface area contributed by atoms with Gasteiger partial charge in [-0.1, -0.05) is 0 Å². The van der Waals surface area contributed by atoms with Gasteiger partial charge >= 0.3 is 17.8 Å². The average Bonchev–Trinajstić information content (AvgIpc) is 3.00. The molecule has 3 N–H and O–H groups in total. The van der Waals surface area contributed by atoms with Crippen LogP contribution in [0.4, 0.5) is 18.9 Å². The first-order valence-electron chi connectivity index (χ1n) is 8.09. The fraction of sp³-hybridized carbons (Fsp3) is 0.111. The van der Waals surface area contributed by atoms with Gasteiger partial charge in [0.2, 0.25) is 5.75 Å². The lowest BCUT2D eigenvalue weighted by Gasteiger charge is -2.14. The van der Waals surface area contributed by atoms with E-state index in [4.69, 9.17) is 0 Å². The van der Waals surface area contributed by atoms with E-state index in [0.29, 0.717) is 0 Å². The molecule has 9 nitrogen and oxygen atoms in total. The second-order valence-corrected chi connectivity index (χ2v) is 6.17. The quantitative estimate of drug-likeness (QED) is 0.330. The third kappa shape index (κ3) is 3.38. The number of nitro benzene ring substituents is 1. The van der Waals surface area contributed by atoms with Gasteiger partial charge in [-0.2, -0.15) is 13.2 Å². The van der Waals surface area contributed by atoms with E-state index in [2.05, 4.69) is 4.98 Å². The van der Waals surface area contributed by atoms with Crippen LogP contribution in [0.3, 0.4) is 0 Å². The molecule has 1 aromatic carbocycles. The molecule has 0 saturated carbocycles. The molecular weight excluding hydrogens is 411 g/mol. The number of nitrogens with zero attached hydrogens (tertiary/aromatic N) is 3. The number of carbonyl (C=O) groups is 1. The standard InChI is InChI=1S/C18H12F3N3O6/c1-23-11(8-5-12(24(29)30)15(26)13(25)6-8)7-10(17(27)28)14(23)9-3-2-4-22-16(9)18(19,20)21/h2-7,25-26H,1H3,(H,27,28). The Morgan fingerprint density at radius 2 is 1.90 bits per heavy atom. The molecule has 0 unspecified atom stereocenters. The van der Waals surface area contributed by atoms with Gasteiger partial charge in [-0.25, -0.2) is 4.79 Å². The zero-order valence-electron chi connectivity index (χ0n) is 15.0. The van der Waals surface area contributed by atoms with E-state index in [-0.39, 0.29) is 17.0 Å². The van der Waals surface area contributed by atoms with Crippen LogP contribution in [-0.4, -0.2) is 35.8 Å². The molecule has 0 aliphatic carbocycles. The largest absolute Gasteiger partial charge is 0.504 e. The Labute approximate surface area is 165 Å². The van der Waals surface area contributed by atoms with Crippen LogP contribution >= 0.6 is 0 Å². The predicted octanol–water partition coefficient (Wildman–Crippen LogP) is 3.79. The first-order chi connectivity index (χ1) is 13.9. The number of phenolic OH excluding ortho intramolecular Hbond substituents is 2. The number of phenols is 2. The summed E-state index contributed by atoms with van der Waals surface area (Å²) in [5.41, 5.74) is -3.66. The second kappa shape index (κ2) is 7.06. The summed E-state index contributed by atoms with van der Waals surface area (Å²) >= 11 is 0. The van der Waals surface area contributed by atoms with E-state index in [1.54, 1.807) is 0 Å². The number of halogens is 3. The lowest BCUT2D eigenvalue weighted by atomic mass is 10.1. The number of aromatic carboxylic acids is 1. The predicted molar refractivity (Wildman–Crippen MR) is 96.0 cm³/mol. The van der Waals surface area contributed by atoms with Crippen molar-refractivity contribution >= 4 is 11.7 Å². The molecule has 0 saturated heterocycles. The van der Waals surface area contributed by atoms with Crippen LogP contribution in [0.15, 0.2) is 36.5 Å². The number of carboxylic acids is 1. The van der Waals surface area contributed by atoms with Crippen LogP contribution in [0.1, 0.15) is 16.1 Å². The molecule has 0 aliphatic heterocycles. The number of pyridine rings is 1. The Morgan fingerprint density at radius 1 is 1.23 bits per heavy atom. The molecule has 12 heteroatoms. The van der Waals surface area contributed by atoms with Crippen molar-refractivity contribution in [3.8, 4) is 34.0 Å². The maximum absolute atomic E-state index is 13.4. The summed E-state index contributed by atoms with van der Waals surface area (Å²) in [7, 11) is 1.26. The van der Waals surface area contributed by atoms with Crippen LogP contribution in [0.25, 0.3) is 22.5 Å². The minimum atomic E-state index is -4.87. The molecule has 0 amide bonds. The maximum Gasteiger partial charge on any atom is 0.434 e. The molecule has 3 aromatic rings. The SMILES string of the molecule is Cn1c(-c2cc(O)c(O)c([N+](=O)[O-])c2)cc(C(=O)O)c1-c1cccnc1C(F)(F)F. The minimum absolute atomic E-state index is 0.0437. The highest BCUT2D eigenvalue weighted by Gasteiger charge is 2.37. The maximum atomic E-state index is 13.4. The number of rotatable bonds is 4. The van der Waals surface area contributed by atoms with Crippen molar-refractivity contribution in [2.45, 2.75) is 6.18 Å². The van der Waals surface area contributed by atoms with Crippen LogP contribution in [0.5, 0.6) is 11.5 Å². The highest BCUT2D eigenvalue weighted by atomic mass is 19.4. The lowest BCUT2D eigenvalue weighted by Crippen LogP contribution is -2.12. The Hall–Kier alpha value is -4.09. The first-order valence-corrected chi connectivity index (χ1v) is 8.09. The van der Waals surface area contributed by atoms with Gasteiger partial charge in [0.15, 0.2) is 11.4 Å². The summed E-state index contributed by atoms with van der Waals surface area (Å²) < 4.78 is 41.3. The highest BCUT2D eigenvalue weighted by molar-refractivity contribution is 5.98. The fourth-order valence-corrected chi connectivity index (χ4v) is 3.08.